The van der Waals surface area contributed by atoms with Crippen LogP contribution in [-0.4, -0.2) is 27.0 Å². The lowest BCUT2D eigenvalue weighted by molar-refractivity contribution is -0.135. The summed E-state index contributed by atoms with van der Waals surface area (Å²) in [6.07, 6.45) is 1.18. The van der Waals surface area contributed by atoms with Crippen molar-refractivity contribution in [1.29, 1.82) is 0 Å². The van der Waals surface area contributed by atoms with E-state index in [4.69, 9.17) is 13.6 Å². The van der Waals surface area contributed by atoms with Crippen LogP contribution in [0.2, 0.25) is 18.1 Å². The molecule has 0 amide bonds. The minimum atomic E-state index is -2.02. The quantitative estimate of drug-likeness (QED) is 0.222. The summed E-state index contributed by atoms with van der Waals surface area (Å²) in [7, 11) is -2.02. The zero-order chi connectivity index (χ0) is 25.5. The molecule has 1 aromatic heterocycles. The van der Waals surface area contributed by atoms with Gasteiger partial charge in [0, 0.05) is 17.9 Å². The molecule has 0 aliphatic heterocycles. The van der Waals surface area contributed by atoms with Crippen LogP contribution in [0.4, 0.5) is 0 Å². The molecule has 0 saturated heterocycles. The molecule has 182 valence electrons. The zero-order valence-corrected chi connectivity index (χ0v) is 22.5. The Hall–Kier alpha value is -3.25. The molecule has 0 spiro atoms. The first-order chi connectivity index (χ1) is 16.5. The van der Waals surface area contributed by atoms with E-state index in [2.05, 4.69) is 57.5 Å². The predicted molar refractivity (Wildman–Crippen MR) is 143 cm³/mol. The van der Waals surface area contributed by atoms with E-state index in [1.807, 2.05) is 61.5 Å². The van der Waals surface area contributed by atoms with Crippen LogP contribution >= 0.6 is 0 Å². The molecule has 1 atom stereocenters. The molecule has 1 heterocycles. The highest BCUT2D eigenvalue weighted by atomic mass is 28.4. The van der Waals surface area contributed by atoms with Gasteiger partial charge in [0.1, 0.15) is 17.6 Å². The molecule has 0 N–H and O–H groups in total. The van der Waals surface area contributed by atoms with Gasteiger partial charge in [0.2, 0.25) is 0 Å². The maximum atomic E-state index is 12.2. The van der Waals surface area contributed by atoms with E-state index in [0.29, 0.717) is 6.42 Å². The highest BCUT2D eigenvalue weighted by Crippen LogP contribution is 2.37. The van der Waals surface area contributed by atoms with Gasteiger partial charge >= 0.3 is 5.97 Å². The van der Waals surface area contributed by atoms with E-state index < -0.39 is 14.3 Å². The Morgan fingerprint density at radius 2 is 1.80 bits per heavy atom. The number of fused-ring (bicyclic) bond motifs is 1. The second kappa shape index (κ2) is 11.4. The maximum absolute atomic E-state index is 12.2. The van der Waals surface area contributed by atoms with Gasteiger partial charge in [-0.25, -0.2) is 4.79 Å². The summed E-state index contributed by atoms with van der Waals surface area (Å²) in [6, 6.07) is 17.7. The summed E-state index contributed by atoms with van der Waals surface area (Å²) in [5, 5.41) is 2.15. The lowest BCUT2D eigenvalue weighted by Crippen LogP contribution is -2.43. The Bertz CT molecular complexity index is 1280. The number of carbonyl (C=O) groups is 1. The summed E-state index contributed by atoms with van der Waals surface area (Å²) in [5.74, 6) is 12.8. The van der Waals surface area contributed by atoms with Gasteiger partial charge < -0.3 is 13.6 Å². The van der Waals surface area contributed by atoms with E-state index in [0.717, 1.165) is 34.3 Å². The van der Waals surface area contributed by atoms with Gasteiger partial charge in [-0.15, -0.1) is 0 Å². The SMILES string of the molecule is Cc1ccc(CCC(C#CCOC(=O)C#Cc2cccc3ccccc23)O[Si](C)(C)C(C)(C)C)o1. The molecule has 0 aliphatic rings. The van der Waals surface area contributed by atoms with E-state index in [9.17, 15) is 4.79 Å². The Kier molecular flexibility index (Phi) is 8.62. The first-order valence-electron chi connectivity index (χ1n) is 11.9. The fourth-order valence-corrected chi connectivity index (χ4v) is 4.57. The minimum Gasteiger partial charge on any atom is -0.466 e. The molecule has 4 nitrogen and oxygen atoms in total. The second-order valence-corrected chi connectivity index (χ2v) is 14.8. The summed E-state index contributed by atoms with van der Waals surface area (Å²) >= 11 is 0. The van der Waals surface area contributed by atoms with Crippen LogP contribution in [0.25, 0.3) is 10.8 Å². The number of aryl methyl sites for hydroxylation is 2. The summed E-state index contributed by atoms with van der Waals surface area (Å²) in [5.41, 5.74) is 0.794. The molecular formula is C30H34O4Si. The van der Waals surface area contributed by atoms with Gasteiger partial charge in [0.05, 0.1) is 0 Å². The third-order valence-electron chi connectivity index (χ3n) is 6.32. The number of hydrogen-bond donors (Lipinski definition) is 0. The summed E-state index contributed by atoms with van der Waals surface area (Å²) < 4.78 is 17.5. The van der Waals surface area contributed by atoms with Crippen LogP contribution in [0.5, 0.6) is 0 Å². The van der Waals surface area contributed by atoms with Crippen molar-refractivity contribution >= 4 is 25.1 Å². The van der Waals surface area contributed by atoms with Crippen molar-refractivity contribution < 1.29 is 18.4 Å². The van der Waals surface area contributed by atoms with Crippen molar-refractivity contribution in [3.8, 4) is 23.7 Å². The third kappa shape index (κ3) is 7.62. The number of carbonyl (C=O) groups excluding carboxylic acids is 1. The number of ether oxygens (including phenoxy) is 1. The number of esters is 1. The van der Waals surface area contributed by atoms with Crippen molar-refractivity contribution in [3.05, 3.63) is 71.7 Å². The molecular weight excluding hydrogens is 452 g/mol. The average molecular weight is 487 g/mol. The van der Waals surface area contributed by atoms with Crippen LogP contribution in [0.15, 0.2) is 59.0 Å². The lowest BCUT2D eigenvalue weighted by atomic mass is 10.1. The topological polar surface area (TPSA) is 48.7 Å². The fraction of sp³-hybridized carbons (Fsp3) is 0.367. The number of furan rings is 1. The summed E-state index contributed by atoms with van der Waals surface area (Å²) in [4.78, 5) is 12.2. The first kappa shape index (κ1) is 26.4. The molecule has 0 fully saturated rings. The molecule has 0 bridgehead atoms. The normalized spacial score (nSPS) is 12.3. The van der Waals surface area contributed by atoms with Crippen molar-refractivity contribution in [3.63, 3.8) is 0 Å². The number of hydrogen-bond acceptors (Lipinski definition) is 4. The second-order valence-electron chi connectivity index (χ2n) is 10.1. The van der Waals surface area contributed by atoms with E-state index in [1.54, 1.807) is 0 Å². The van der Waals surface area contributed by atoms with E-state index in [1.165, 1.54) is 0 Å². The van der Waals surface area contributed by atoms with Crippen molar-refractivity contribution in [2.75, 3.05) is 6.61 Å². The molecule has 3 aromatic rings. The number of benzene rings is 2. The number of rotatable bonds is 6. The standard InChI is InChI=1S/C30H34O4Si/c1-23-16-18-26(33-23)19-20-27(34-35(5,6)30(2,3)4)14-10-22-32-29(31)21-17-25-13-9-12-24-11-7-8-15-28(24)25/h7-9,11-13,15-16,18,27H,19-20,22H2,1-6H3. The van der Waals surface area contributed by atoms with Gasteiger partial charge in [-0.05, 0) is 60.4 Å². The average Bonchev–Trinajstić information content (AvgIpc) is 3.22. The molecule has 0 radical (unpaired) electrons. The van der Waals surface area contributed by atoms with Crippen molar-refractivity contribution in [2.45, 2.75) is 64.8 Å². The van der Waals surface area contributed by atoms with E-state index in [-0.39, 0.29) is 17.7 Å². The molecule has 0 aliphatic carbocycles. The fourth-order valence-electron chi connectivity index (χ4n) is 3.33. The Labute approximate surface area is 210 Å². The smallest absolute Gasteiger partial charge is 0.385 e. The van der Waals surface area contributed by atoms with Crippen molar-refractivity contribution in [1.82, 2.24) is 0 Å². The van der Waals surface area contributed by atoms with Gasteiger partial charge in [-0.3, -0.25) is 0 Å². The van der Waals surface area contributed by atoms with Gasteiger partial charge in [-0.2, -0.15) is 0 Å². The first-order valence-corrected chi connectivity index (χ1v) is 14.8. The summed E-state index contributed by atoms with van der Waals surface area (Å²) in [6.45, 7) is 12.9. The molecule has 3 rings (SSSR count). The molecule has 35 heavy (non-hydrogen) atoms. The predicted octanol–water partition coefficient (Wildman–Crippen LogP) is 6.66. The van der Waals surface area contributed by atoms with Crippen LogP contribution in [0.3, 0.4) is 0 Å². The maximum Gasteiger partial charge on any atom is 0.385 e. The van der Waals surface area contributed by atoms with Gasteiger partial charge in [-0.1, -0.05) is 74.9 Å². The van der Waals surface area contributed by atoms with Crippen molar-refractivity contribution in [2.24, 2.45) is 0 Å². The highest BCUT2D eigenvalue weighted by Gasteiger charge is 2.38. The zero-order valence-electron chi connectivity index (χ0n) is 21.5. The van der Waals surface area contributed by atoms with Crippen LogP contribution < -0.4 is 0 Å². The Morgan fingerprint density at radius 1 is 1.06 bits per heavy atom. The van der Waals surface area contributed by atoms with Crippen LogP contribution in [0.1, 0.15) is 44.3 Å². The van der Waals surface area contributed by atoms with E-state index >= 15 is 0 Å². The molecule has 2 aromatic carbocycles. The minimum absolute atomic E-state index is 0.0275. The molecule has 1 unspecified atom stereocenters. The monoisotopic (exact) mass is 486 g/mol. The largest absolute Gasteiger partial charge is 0.466 e. The highest BCUT2D eigenvalue weighted by molar-refractivity contribution is 6.74. The van der Waals surface area contributed by atoms with Crippen LogP contribution in [-0.2, 0) is 20.4 Å². The molecule has 5 heteroatoms. The van der Waals surface area contributed by atoms with Gasteiger partial charge in [0.15, 0.2) is 14.9 Å². The van der Waals surface area contributed by atoms with Crippen LogP contribution in [0, 0.1) is 30.6 Å². The molecule has 0 saturated carbocycles. The third-order valence-corrected chi connectivity index (χ3v) is 10.8. The van der Waals surface area contributed by atoms with Gasteiger partial charge in [0.25, 0.3) is 0 Å². The lowest BCUT2D eigenvalue weighted by Gasteiger charge is -2.38. The Morgan fingerprint density at radius 3 is 2.51 bits per heavy atom. The Balaban J connectivity index is 1.63.